The van der Waals surface area contributed by atoms with E-state index in [9.17, 15) is 4.79 Å². The van der Waals surface area contributed by atoms with E-state index in [4.69, 9.17) is 5.26 Å². The van der Waals surface area contributed by atoms with Crippen LogP contribution >= 0.6 is 0 Å². The van der Waals surface area contributed by atoms with Gasteiger partial charge in [0.2, 0.25) is 5.91 Å². The normalized spacial score (nSPS) is 15.1. The second-order valence-electron chi connectivity index (χ2n) is 5.52. The van der Waals surface area contributed by atoms with Crippen molar-refractivity contribution in [3.05, 3.63) is 29.8 Å². The lowest BCUT2D eigenvalue weighted by Crippen LogP contribution is -2.35. The van der Waals surface area contributed by atoms with Crippen molar-refractivity contribution in [2.24, 2.45) is 0 Å². The van der Waals surface area contributed by atoms with Gasteiger partial charge < -0.3 is 10.2 Å². The molecule has 21 heavy (non-hydrogen) atoms. The van der Waals surface area contributed by atoms with Gasteiger partial charge in [0.05, 0.1) is 11.3 Å². The van der Waals surface area contributed by atoms with Crippen LogP contribution in [0.3, 0.4) is 0 Å². The van der Waals surface area contributed by atoms with Gasteiger partial charge in [0.1, 0.15) is 6.07 Å². The smallest absolute Gasteiger partial charge is 0.225 e. The molecular formula is C17H23N3O. The fourth-order valence-corrected chi connectivity index (χ4v) is 3.02. The van der Waals surface area contributed by atoms with Crippen LogP contribution < -0.4 is 5.32 Å². The summed E-state index contributed by atoms with van der Waals surface area (Å²) in [6.45, 7) is 3.94. The molecule has 0 saturated heterocycles. The molecular weight excluding hydrogens is 262 g/mol. The molecule has 2 rings (SSSR count). The molecule has 0 spiro atoms. The van der Waals surface area contributed by atoms with Gasteiger partial charge in [0, 0.05) is 19.0 Å². The summed E-state index contributed by atoms with van der Waals surface area (Å²) in [5.74, 6) is -0.0193. The number of hydrogen-bond acceptors (Lipinski definition) is 3. The number of carbonyl (C=O) groups excluding carboxylic acids is 1. The number of benzene rings is 1. The van der Waals surface area contributed by atoms with E-state index in [1.165, 1.54) is 25.7 Å². The summed E-state index contributed by atoms with van der Waals surface area (Å²) in [5, 5.41) is 11.9. The number of nitrogens with zero attached hydrogens (tertiary/aromatic N) is 2. The van der Waals surface area contributed by atoms with Crippen LogP contribution in [0.4, 0.5) is 5.69 Å². The Morgan fingerprint density at radius 3 is 2.76 bits per heavy atom. The van der Waals surface area contributed by atoms with Crippen LogP contribution in [0.15, 0.2) is 24.3 Å². The van der Waals surface area contributed by atoms with E-state index >= 15 is 0 Å². The molecule has 0 unspecified atom stereocenters. The van der Waals surface area contributed by atoms with Gasteiger partial charge in [0.15, 0.2) is 0 Å². The fourth-order valence-electron chi connectivity index (χ4n) is 3.02. The maximum atomic E-state index is 12.1. The molecule has 0 bridgehead atoms. The van der Waals surface area contributed by atoms with Crippen LogP contribution in [-0.2, 0) is 4.79 Å². The molecule has 1 N–H and O–H groups in total. The first kappa shape index (κ1) is 15.5. The lowest BCUT2D eigenvalue weighted by atomic mass is 10.2. The zero-order valence-electron chi connectivity index (χ0n) is 12.6. The average Bonchev–Trinajstić information content (AvgIpc) is 3.03. The Morgan fingerprint density at radius 1 is 1.38 bits per heavy atom. The Morgan fingerprint density at radius 2 is 2.10 bits per heavy atom. The number of carbonyl (C=O) groups is 1. The summed E-state index contributed by atoms with van der Waals surface area (Å²) in [5.41, 5.74) is 1.11. The monoisotopic (exact) mass is 285 g/mol. The summed E-state index contributed by atoms with van der Waals surface area (Å²) in [6, 6.07) is 9.85. The molecule has 1 aromatic carbocycles. The molecule has 1 saturated carbocycles. The van der Waals surface area contributed by atoms with Gasteiger partial charge in [-0.1, -0.05) is 31.9 Å². The van der Waals surface area contributed by atoms with E-state index in [1.54, 1.807) is 18.2 Å². The number of amides is 1. The van der Waals surface area contributed by atoms with Gasteiger partial charge >= 0.3 is 0 Å². The topological polar surface area (TPSA) is 56.1 Å². The number of nitriles is 1. The highest BCUT2D eigenvalue weighted by Crippen LogP contribution is 2.23. The second kappa shape index (κ2) is 7.80. The van der Waals surface area contributed by atoms with Gasteiger partial charge in [0.25, 0.3) is 0 Å². The van der Waals surface area contributed by atoms with E-state index < -0.39 is 0 Å². The standard InChI is InChI=1S/C17H23N3O/c1-2-20(15-8-4-5-9-15)12-11-17(21)19-16-10-6-3-7-14(16)13-18/h3,6-7,10,15H,2,4-5,8-9,11-12H2,1H3,(H,19,21). The van der Waals surface area contributed by atoms with E-state index in [2.05, 4.69) is 23.2 Å². The third-order valence-corrected chi connectivity index (χ3v) is 4.19. The van der Waals surface area contributed by atoms with Crippen molar-refractivity contribution >= 4 is 11.6 Å². The molecule has 112 valence electrons. The maximum Gasteiger partial charge on any atom is 0.225 e. The molecule has 1 aliphatic rings. The number of anilines is 1. The second-order valence-corrected chi connectivity index (χ2v) is 5.52. The average molecular weight is 285 g/mol. The quantitative estimate of drug-likeness (QED) is 0.873. The lowest BCUT2D eigenvalue weighted by Gasteiger charge is -2.27. The maximum absolute atomic E-state index is 12.1. The van der Waals surface area contributed by atoms with Gasteiger partial charge in [-0.3, -0.25) is 4.79 Å². The highest BCUT2D eigenvalue weighted by molar-refractivity contribution is 5.92. The van der Waals surface area contributed by atoms with Crippen molar-refractivity contribution < 1.29 is 4.79 Å². The molecule has 0 atom stereocenters. The lowest BCUT2D eigenvalue weighted by molar-refractivity contribution is -0.116. The third kappa shape index (κ3) is 4.30. The Kier molecular flexibility index (Phi) is 5.77. The van der Waals surface area contributed by atoms with Crippen LogP contribution in [0.2, 0.25) is 0 Å². The molecule has 4 heteroatoms. The highest BCUT2D eigenvalue weighted by atomic mass is 16.1. The minimum atomic E-state index is -0.0193. The molecule has 1 fully saturated rings. The molecule has 0 aromatic heterocycles. The zero-order chi connectivity index (χ0) is 15.1. The predicted octanol–water partition coefficient (Wildman–Crippen LogP) is 3.15. The van der Waals surface area contributed by atoms with Crippen molar-refractivity contribution in [1.82, 2.24) is 4.90 Å². The van der Waals surface area contributed by atoms with Crippen LogP contribution in [0.5, 0.6) is 0 Å². The summed E-state index contributed by atoms with van der Waals surface area (Å²) in [7, 11) is 0. The molecule has 0 aliphatic heterocycles. The third-order valence-electron chi connectivity index (χ3n) is 4.19. The molecule has 4 nitrogen and oxygen atoms in total. The molecule has 1 aliphatic carbocycles. The molecule has 1 amide bonds. The van der Waals surface area contributed by atoms with Crippen molar-refractivity contribution in [2.75, 3.05) is 18.4 Å². The Balaban J connectivity index is 1.85. The Hall–Kier alpha value is -1.86. The summed E-state index contributed by atoms with van der Waals surface area (Å²) in [4.78, 5) is 14.5. The number of para-hydroxylation sites is 1. The first-order valence-corrected chi connectivity index (χ1v) is 7.77. The van der Waals surface area contributed by atoms with Crippen molar-refractivity contribution in [3.63, 3.8) is 0 Å². The van der Waals surface area contributed by atoms with Gasteiger partial charge in [-0.2, -0.15) is 5.26 Å². The minimum absolute atomic E-state index is 0.0193. The number of rotatable bonds is 6. The van der Waals surface area contributed by atoms with E-state index in [1.807, 2.05) is 6.07 Å². The summed E-state index contributed by atoms with van der Waals surface area (Å²) < 4.78 is 0. The van der Waals surface area contributed by atoms with Crippen molar-refractivity contribution in [1.29, 1.82) is 5.26 Å². The largest absolute Gasteiger partial charge is 0.325 e. The number of hydrogen-bond donors (Lipinski definition) is 1. The Labute approximate surface area is 126 Å². The summed E-state index contributed by atoms with van der Waals surface area (Å²) in [6.07, 6.45) is 5.61. The van der Waals surface area contributed by atoms with Gasteiger partial charge in [-0.15, -0.1) is 0 Å². The van der Waals surface area contributed by atoms with Crippen molar-refractivity contribution in [3.8, 4) is 6.07 Å². The summed E-state index contributed by atoms with van der Waals surface area (Å²) >= 11 is 0. The first-order chi connectivity index (χ1) is 10.2. The van der Waals surface area contributed by atoms with Gasteiger partial charge in [-0.05, 0) is 31.5 Å². The SMILES string of the molecule is CCN(CCC(=O)Nc1ccccc1C#N)C1CCCC1. The van der Waals surface area contributed by atoms with Crippen LogP contribution in [0.25, 0.3) is 0 Å². The van der Waals surface area contributed by atoms with Crippen LogP contribution in [0.1, 0.15) is 44.6 Å². The van der Waals surface area contributed by atoms with Crippen LogP contribution in [-0.4, -0.2) is 29.9 Å². The fraction of sp³-hybridized carbons (Fsp3) is 0.529. The molecule has 1 aromatic rings. The highest BCUT2D eigenvalue weighted by Gasteiger charge is 2.21. The van der Waals surface area contributed by atoms with E-state index in [0.29, 0.717) is 23.7 Å². The minimum Gasteiger partial charge on any atom is -0.325 e. The first-order valence-electron chi connectivity index (χ1n) is 7.77. The Bertz CT molecular complexity index is 515. The van der Waals surface area contributed by atoms with E-state index in [-0.39, 0.29) is 5.91 Å². The molecule has 0 radical (unpaired) electrons. The number of nitrogens with one attached hydrogen (secondary N) is 1. The van der Waals surface area contributed by atoms with Crippen molar-refractivity contribution in [2.45, 2.75) is 45.1 Å². The molecule has 0 heterocycles. The van der Waals surface area contributed by atoms with E-state index in [0.717, 1.165) is 13.1 Å². The zero-order valence-corrected chi connectivity index (χ0v) is 12.6. The van der Waals surface area contributed by atoms with Gasteiger partial charge in [-0.25, -0.2) is 0 Å². The predicted molar refractivity (Wildman–Crippen MR) is 83.9 cm³/mol. The van der Waals surface area contributed by atoms with Crippen LogP contribution in [0, 0.1) is 11.3 Å².